The fraction of sp³-hybridized carbons (Fsp3) is 0.333. The predicted molar refractivity (Wildman–Crippen MR) is 50.5 cm³/mol. The number of nitrogens with two attached hydrogens (primary N) is 1. The van der Waals surface area contributed by atoms with Gasteiger partial charge in [0.25, 0.3) is 0 Å². The van der Waals surface area contributed by atoms with E-state index in [4.69, 9.17) is 17.3 Å². The molecule has 0 aromatic heterocycles. The van der Waals surface area contributed by atoms with Gasteiger partial charge in [0.1, 0.15) is 11.6 Å². The monoisotopic (exact) mass is 203 g/mol. The summed E-state index contributed by atoms with van der Waals surface area (Å²) in [6.45, 7) is 0.464. The Hall–Kier alpha value is -0.800. The number of phenolic OH excluding ortho intramolecular Hbond substituents is 1. The molecule has 0 saturated carbocycles. The van der Waals surface area contributed by atoms with Gasteiger partial charge in [0, 0.05) is 5.56 Å². The zero-order chi connectivity index (χ0) is 9.84. The SMILES string of the molecule is NCCCc1c(O)ccc(Cl)c1F. The average molecular weight is 204 g/mol. The number of aromatic hydroxyl groups is 1. The van der Waals surface area contributed by atoms with Gasteiger partial charge in [-0.2, -0.15) is 0 Å². The van der Waals surface area contributed by atoms with Crippen molar-refractivity contribution < 1.29 is 9.50 Å². The second-order valence-electron chi connectivity index (χ2n) is 2.75. The molecule has 1 rings (SSSR count). The van der Waals surface area contributed by atoms with Crippen LogP contribution in [0.5, 0.6) is 5.75 Å². The summed E-state index contributed by atoms with van der Waals surface area (Å²) in [6.07, 6.45) is 1.04. The molecule has 2 nitrogen and oxygen atoms in total. The van der Waals surface area contributed by atoms with Crippen LogP contribution in [0.3, 0.4) is 0 Å². The largest absolute Gasteiger partial charge is 0.508 e. The van der Waals surface area contributed by atoms with Gasteiger partial charge >= 0.3 is 0 Å². The number of hydrogen-bond donors (Lipinski definition) is 2. The topological polar surface area (TPSA) is 46.2 Å². The van der Waals surface area contributed by atoms with Crippen LogP contribution in [0.2, 0.25) is 5.02 Å². The van der Waals surface area contributed by atoms with Gasteiger partial charge in [-0.25, -0.2) is 4.39 Å². The first-order valence-electron chi connectivity index (χ1n) is 4.02. The molecular formula is C9H11ClFNO. The minimum atomic E-state index is -0.546. The minimum Gasteiger partial charge on any atom is -0.508 e. The van der Waals surface area contributed by atoms with Gasteiger partial charge in [0.05, 0.1) is 5.02 Å². The summed E-state index contributed by atoms with van der Waals surface area (Å²) in [4.78, 5) is 0. The van der Waals surface area contributed by atoms with Crippen LogP contribution >= 0.6 is 11.6 Å². The van der Waals surface area contributed by atoms with Crippen LogP contribution in [0.4, 0.5) is 4.39 Å². The van der Waals surface area contributed by atoms with Crippen LogP contribution in [0.15, 0.2) is 12.1 Å². The summed E-state index contributed by atoms with van der Waals surface area (Å²) in [5.74, 6) is -0.606. The molecule has 0 heterocycles. The van der Waals surface area contributed by atoms with E-state index < -0.39 is 5.82 Å². The van der Waals surface area contributed by atoms with Crippen molar-refractivity contribution in [2.75, 3.05) is 6.54 Å². The van der Waals surface area contributed by atoms with E-state index in [2.05, 4.69) is 0 Å². The standard InChI is InChI=1S/C9H11ClFNO/c10-7-3-4-8(13)6(9(7)11)2-1-5-12/h3-4,13H,1-2,5,12H2. The number of halogens is 2. The Balaban J connectivity index is 2.96. The molecular weight excluding hydrogens is 193 g/mol. The zero-order valence-electron chi connectivity index (χ0n) is 7.06. The molecule has 3 N–H and O–H groups in total. The van der Waals surface area contributed by atoms with Gasteiger partial charge in [-0.15, -0.1) is 0 Å². The van der Waals surface area contributed by atoms with Crippen LogP contribution in [0.1, 0.15) is 12.0 Å². The Morgan fingerprint density at radius 1 is 1.46 bits per heavy atom. The summed E-state index contributed by atoms with van der Waals surface area (Å²) >= 11 is 5.55. The van der Waals surface area contributed by atoms with E-state index in [1.807, 2.05) is 0 Å². The summed E-state index contributed by atoms with van der Waals surface area (Å²) in [7, 11) is 0. The van der Waals surface area contributed by atoms with E-state index >= 15 is 0 Å². The normalized spacial score (nSPS) is 10.4. The van der Waals surface area contributed by atoms with Crippen molar-refractivity contribution in [3.05, 3.63) is 28.5 Å². The molecule has 0 unspecified atom stereocenters. The molecule has 0 amide bonds. The summed E-state index contributed by atoms with van der Waals surface area (Å²) < 4.78 is 13.3. The Bertz CT molecular complexity index is 304. The van der Waals surface area contributed by atoms with Crippen molar-refractivity contribution in [3.8, 4) is 5.75 Å². The van der Waals surface area contributed by atoms with E-state index in [-0.39, 0.29) is 16.3 Å². The maximum absolute atomic E-state index is 13.3. The maximum atomic E-state index is 13.3. The molecule has 0 fully saturated rings. The average Bonchev–Trinajstić information content (AvgIpc) is 2.12. The Labute approximate surface area is 81.1 Å². The first kappa shape index (κ1) is 10.3. The van der Waals surface area contributed by atoms with Crippen LogP contribution in [0, 0.1) is 5.82 Å². The van der Waals surface area contributed by atoms with Crippen LogP contribution in [0.25, 0.3) is 0 Å². The highest BCUT2D eigenvalue weighted by atomic mass is 35.5. The van der Waals surface area contributed by atoms with Crippen molar-refractivity contribution in [2.45, 2.75) is 12.8 Å². The molecule has 1 aromatic carbocycles. The van der Waals surface area contributed by atoms with Crippen molar-refractivity contribution in [2.24, 2.45) is 5.73 Å². The molecule has 72 valence electrons. The van der Waals surface area contributed by atoms with E-state index in [1.54, 1.807) is 0 Å². The first-order valence-corrected chi connectivity index (χ1v) is 4.40. The highest BCUT2D eigenvalue weighted by Gasteiger charge is 2.10. The van der Waals surface area contributed by atoms with Crippen LogP contribution in [-0.4, -0.2) is 11.7 Å². The number of phenols is 1. The molecule has 0 bridgehead atoms. The number of benzene rings is 1. The van der Waals surface area contributed by atoms with Crippen molar-refractivity contribution in [1.82, 2.24) is 0 Å². The third-order valence-corrected chi connectivity index (χ3v) is 2.09. The minimum absolute atomic E-state index is 0.0322. The lowest BCUT2D eigenvalue weighted by Crippen LogP contribution is -2.02. The summed E-state index contributed by atoms with van der Waals surface area (Å²) in [6, 6.07) is 2.72. The predicted octanol–water partition coefficient (Wildman–Crippen LogP) is 2.08. The van der Waals surface area contributed by atoms with E-state index in [1.165, 1.54) is 12.1 Å². The highest BCUT2D eigenvalue weighted by Crippen LogP contribution is 2.27. The molecule has 0 aliphatic heterocycles. The molecule has 0 radical (unpaired) electrons. The quantitative estimate of drug-likeness (QED) is 0.790. The van der Waals surface area contributed by atoms with Crippen LogP contribution < -0.4 is 5.73 Å². The third kappa shape index (κ3) is 2.32. The fourth-order valence-corrected chi connectivity index (χ4v) is 1.28. The second-order valence-corrected chi connectivity index (χ2v) is 3.16. The summed E-state index contributed by atoms with van der Waals surface area (Å²) in [5, 5.41) is 9.34. The molecule has 0 saturated heterocycles. The van der Waals surface area contributed by atoms with Crippen LogP contribution in [-0.2, 0) is 6.42 Å². The molecule has 13 heavy (non-hydrogen) atoms. The molecule has 1 aromatic rings. The van der Waals surface area contributed by atoms with Crippen molar-refractivity contribution >= 4 is 11.6 Å². The van der Waals surface area contributed by atoms with E-state index in [0.717, 1.165) is 0 Å². The van der Waals surface area contributed by atoms with Gasteiger partial charge < -0.3 is 10.8 Å². The third-order valence-electron chi connectivity index (χ3n) is 1.80. The second kappa shape index (κ2) is 4.44. The number of hydrogen-bond acceptors (Lipinski definition) is 2. The van der Waals surface area contributed by atoms with Gasteiger partial charge in [0.15, 0.2) is 0 Å². The molecule has 4 heteroatoms. The van der Waals surface area contributed by atoms with E-state index in [9.17, 15) is 9.50 Å². The lowest BCUT2D eigenvalue weighted by atomic mass is 10.1. The maximum Gasteiger partial charge on any atom is 0.148 e. The summed E-state index contributed by atoms with van der Waals surface area (Å²) in [5.41, 5.74) is 5.53. The Morgan fingerprint density at radius 3 is 2.77 bits per heavy atom. The Morgan fingerprint density at radius 2 is 2.15 bits per heavy atom. The molecule has 0 aliphatic carbocycles. The molecule has 0 atom stereocenters. The number of rotatable bonds is 3. The fourth-order valence-electron chi connectivity index (χ4n) is 1.10. The Kier molecular flexibility index (Phi) is 3.51. The van der Waals surface area contributed by atoms with Gasteiger partial charge in [-0.3, -0.25) is 0 Å². The molecule has 0 aliphatic rings. The van der Waals surface area contributed by atoms with Gasteiger partial charge in [-0.05, 0) is 31.5 Å². The first-order chi connectivity index (χ1) is 6.16. The van der Waals surface area contributed by atoms with Crippen molar-refractivity contribution in [1.29, 1.82) is 0 Å². The molecule has 0 spiro atoms. The van der Waals surface area contributed by atoms with Gasteiger partial charge in [0.2, 0.25) is 0 Å². The van der Waals surface area contributed by atoms with Gasteiger partial charge in [-0.1, -0.05) is 11.6 Å². The highest BCUT2D eigenvalue weighted by molar-refractivity contribution is 6.30. The smallest absolute Gasteiger partial charge is 0.148 e. The van der Waals surface area contributed by atoms with E-state index in [0.29, 0.717) is 19.4 Å². The van der Waals surface area contributed by atoms with Crippen molar-refractivity contribution in [3.63, 3.8) is 0 Å². The zero-order valence-corrected chi connectivity index (χ0v) is 7.81. The lowest BCUT2D eigenvalue weighted by molar-refractivity contribution is 0.457. The lowest BCUT2D eigenvalue weighted by Gasteiger charge is -2.05.